The van der Waals surface area contributed by atoms with Gasteiger partial charge in [-0.05, 0) is 30.2 Å². The fraction of sp³-hybridized carbons (Fsp3) is 0.421. The Bertz CT molecular complexity index is 752. The molecule has 0 unspecified atom stereocenters. The van der Waals surface area contributed by atoms with Crippen LogP contribution in [0.15, 0.2) is 36.5 Å². The molecule has 0 spiro atoms. The number of carbonyl (C=O) groups excluding carboxylic acids is 1. The molecule has 1 aromatic heterocycles. The fourth-order valence-corrected chi connectivity index (χ4v) is 3.04. The quantitative estimate of drug-likeness (QED) is 0.717. The number of hydrogen-bond donors (Lipinski definition) is 2. The van der Waals surface area contributed by atoms with E-state index in [0.29, 0.717) is 29.6 Å². The van der Waals surface area contributed by atoms with Gasteiger partial charge in [0.05, 0.1) is 13.2 Å². The van der Waals surface area contributed by atoms with Crippen molar-refractivity contribution in [2.45, 2.75) is 6.42 Å². The number of morpholine rings is 1. The molecule has 144 valence electrons. The number of hydrogen-bond acceptors (Lipinski definition) is 6. The highest BCUT2D eigenvalue weighted by atomic mass is 35.5. The van der Waals surface area contributed by atoms with Crippen LogP contribution >= 0.6 is 11.6 Å². The molecule has 27 heavy (non-hydrogen) atoms. The van der Waals surface area contributed by atoms with Crippen LogP contribution in [-0.4, -0.2) is 66.7 Å². The van der Waals surface area contributed by atoms with E-state index in [0.717, 1.165) is 45.0 Å². The number of benzene rings is 1. The SMILES string of the molecule is O=C(NCCc1cccc(Cl)c1)c1ccnc(NCCN2CCOCC2)n1. The Kier molecular flexibility index (Phi) is 7.38. The van der Waals surface area contributed by atoms with Crippen molar-refractivity contribution in [3.63, 3.8) is 0 Å². The predicted octanol–water partition coefficient (Wildman–Crippen LogP) is 1.85. The molecule has 1 amide bonds. The van der Waals surface area contributed by atoms with Gasteiger partial charge in [-0.2, -0.15) is 0 Å². The van der Waals surface area contributed by atoms with Crippen molar-refractivity contribution in [2.24, 2.45) is 0 Å². The summed E-state index contributed by atoms with van der Waals surface area (Å²) in [5, 5.41) is 6.75. The van der Waals surface area contributed by atoms with E-state index in [9.17, 15) is 4.79 Å². The first-order chi connectivity index (χ1) is 13.2. The minimum Gasteiger partial charge on any atom is -0.379 e. The smallest absolute Gasteiger partial charge is 0.270 e. The van der Waals surface area contributed by atoms with Crippen LogP contribution in [0.1, 0.15) is 16.1 Å². The van der Waals surface area contributed by atoms with E-state index in [1.165, 1.54) is 0 Å². The first kappa shape index (κ1) is 19.5. The molecule has 1 aliphatic rings. The van der Waals surface area contributed by atoms with Crippen LogP contribution in [0.2, 0.25) is 5.02 Å². The van der Waals surface area contributed by atoms with Crippen LogP contribution in [-0.2, 0) is 11.2 Å². The molecule has 3 rings (SSSR count). The highest BCUT2D eigenvalue weighted by Crippen LogP contribution is 2.10. The van der Waals surface area contributed by atoms with Crippen molar-refractivity contribution in [2.75, 3.05) is 51.3 Å². The molecule has 2 N–H and O–H groups in total. The second-order valence-electron chi connectivity index (χ2n) is 6.28. The van der Waals surface area contributed by atoms with Gasteiger partial charge in [0.1, 0.15) is 5.69 Å². The molecule has 0 bridgehead atoms. The Morgan fingerprint density at radius 1 is 1.22 bits per heavy atom. The maximum absolute atomic E-state index is 12.3. The molecule has 7 nitrogen and oxygen atoms in total. The van der Waals surface area contributed by atoms with Gasteiger partial charge in [0.15, 0.2) is 0 Å². The van der Waals surface area contributed by atoms with Crippen LogP contribution in [0.5, 0.6) is 0 Å². The summed E-state index contributed by atoms with van der Waals surface area (Å²) in [4.78, 5) is 23.1. The zero-order valence-corrected chi connectivity index (χ0v) is 15.9. The number of halogens is 1. The highest BCUT2D eigenvalue weighted by molar-refractivity contribution is 6.30. The van der Waals surface area contributed by atoms with E-state index in [1.807, 2.05) is 24.3 Å². The second kappa shape index (κ2) is 10.2. The molecule has 8 heteroatoms. The zero-order valence-electron chi connectivity index (χ0n) is 15.2. The minimum absolute atomic E-state index is 0.212. The third-order valence-corrected chi connectivity index (χ3v) is 4.53. The summed E-state index contributed by atoms with van der Waals surface area (Å²) in [7, 11) is 0. The molecular weight excluding hydrogens is 366 g/mol. The van der Waals surface area contributed by atoms with Crippen LogP contribution in [0, 0.1) is 0 Å². The lowest BCUT2D eigenvalue weighted by molar-refractivity contribution is 0.0398. The van der Waals surface area contributed by atoms with Gasteiger partial charge < -0.3 is 15.4 Å². The number of anilines is 1. The summed E-state index contributed by atoms with van der Waals surface area (Å²) in [5.41, 5.74) is 1.43. The average molecular weight is 390 g/mol. The second-order valence-corrected chi connectivity index (χ2v) is 6.72. The predicted molar refractivity (Wildman–Crippen MR) is 105 cm³/mol. The number of nitrogens with zero attached hydrogens (tertiary/aromatic N) is 3. The summed E-state index contributed by atoms with van der Waals surface area (Å²) in [6, 6.07) is 9.23. The van der Waals surface area contributed by atoms with E-state index < -0.39 is 0 Å². The molecule has 1 aliphatic heterocycles. The van der Waals surface area contributed by atoms with E-state index in [2.05, 4.69) is 25.5 Å². The number of ether oxygens (including phenoxy) is 1. The number of nitrogens with one attached hydrogen (secondary N) is 2. The van der Waals surface area contributed by atoms with Gasteiger partial charge in [0.2, 0.25) is 5.95 Å². The molecule has 0 radical (unpaired) electrons. The molecule has 1 aromatic carbocycles. The summed E-state index contributed by atoms with van der Waals surface area (Å²) in [6.07, 6.45) is 2.30. The maximum atomic E-state index is 12.3. The summed E-state index contributed by atoms with van der Waals surface area (Å²) >= 11 is 5.97. The molecule has 0 saturated carbocycles. The number of rotatable bonds is 8. The monoisotopic (exact) mass is 389 g/mol. The lowest BCUT2D eigenvalue weighted by Gasteiger charge is -2.26. The molecule has 0 aliphatic carbocycles. The van der Waals surface area contributed by atoms with E-state index in [1.54, 1.807) is 12.3 Å². The number of aromatic nitrogens is 2. The molecule has 1 fully saturated rings. The summed E-state index contributed by atoms with van der Waals surface area (Å²) in [6.45, 7) is 5.57. The first-order valence-corrected chi connectivity index (χ1v) is 9.48. The van der Waals surface area contributed by atoms with Crippen LogP contribution in [0.3, 0.4) is 0 Å². The van der Waals surface area contributed by atoms with E-state index in [4.69, 9.17) is 16.3 Å². The molecule has 2 aromatic rings. The van der Waals surface area contributed by atoms with Gasteiger partial charge in [0, 0.05) is 43.9 Å². The van der Waals surface area contributed by atoms with Crippen molar-refractivity contribution < 1.29 is 9.53 Å². The highest BCUT2D eigenvalue weighted by Gasteiger charge is 2.11. The third kappa shape index (κ3) is 6.46. The van der Waals surface area contributed by atoms with Crippen molar-refractivity contribution in [3.8, 4) is 0 Å². The van der Waals surface area contributed by atoms with Gasteiger partial charge in [-0.3, -0.25) is 9.69 Å². The molecule has 2 heterocycles. The zero-order chi connectivity index (χ0) is 18.9. The van der Waals surface area contributed by atoms with Crippen molar-refractivity contribution >= 4 is 23.5 Å². The summed E-state index contributed by atoms with van der Waals surface area (Å²) in [5.74, 6) is 0.251. The minimum atomic E-state index is -0.212. The Labute approximate surface area is 164 Å². The van der Waals surface area contributed by atoms with Crippen LogP contribution in [0.4, 0.5) is 5.95 Å². The molecule has 0 atom stereocenters. The van der Waals surface area contributed by atoms with Crippen molar-refractivity contribution in [1.29, 1.82) is 0 Å². The largest absolute Gasteiger partial charge is 0.379 e. The Morgan fingerprint density at radius 3 is 2.89 bits per heavy atom. The standard InChI is InChI=1S/C19H24ClN5O2/c20-16-3-1-2-15(14-16)4-6-21-18(26)17-5-7-22-19(24-17)23-8-9-25-10-12-27-13-11-25/h1-3,5,7,14H,4,6,8-13H2,(H,21,26)(H,22,23,24). The third-order valence-electron chi connectivity index (χ3n) is 4.29. The molecule has 1 saturated heterocycles. The van der Waals surface area contributed by atoms with Crippen molar-refractivity contribution in [1.82, 2.24) is 20.2 Å². The Morgan fingerprint density at radius 2 is 2.07 bits per heavy atom. The average Bonchev–Trinajstić information content (AvgIpc) is 2.69. The fourth-order valence-electron chi connectivity index (χ4n) is 2.82. The maximum Gasteiger partial charge on any atom is 0.270 e. The van der Waals surface area contributed by atoms with Gasteiger partial charge in [-0.25, -0.2) is 9.97 Å². The van der Waals surface area contributed by atoms with Crippen molar-refractivity contribution in [3.05, 3.63) is 52.8 Å². The van der Waals surface area contributed by atoms with Crippen LogP contribution < -0.4 is 10.6 Å². The van der Waals surface area contributed by atoms with Gasteiger partial charge in [-0.1, -0.05) is 23.7 Å². The van der Waals surface area contributed by atoms with Crippen LogP contribution in [0.25, 0.3) is 0 Å². The molecular formula is C19H24ClN5O2. The summed E-state index contributed by atoms with van der Waals surface area (Å²) < 4.78 is 5.33. The topological polar surface area (TPSA) is 79.4 Å². The van der Waals surface area contributed by atoms with Gasteiger partial charge in [0.25, 0.3) is 5.91 Å². The van der Waals surface area contributed by atoms with Gasteiger partial charge in [-0.15, -0.1) is 0 Å². The normalized spacial score (nSPS) is 14.7. The van der Waals surface area contributed by atoms with E-state index in [-0.39, 0.29) is 5.91 Å². The Hall–Kier alpha value is -2.22. The van der Waals surface area contributed by atoms with Gasteiger partial charge >= 0.3 is 0 Å². The number of amides is 1. The lowest BCUT2D eigenvalue weighted by Crippen LogP contribution is -2.39. The van der Waals surface area contributed by atoms with E-state index >= 15 is 0 Å². The Balaban J connectivity index is 1.43. The first-order valence-electron chi connectivity index (χ1n) is 9.10. The number of carbonyl (C=O) groups is 1. The lowest BCUT2D eigenvalue weighted by atomic mass is 10.1.